The van der Waals surface area contributed by atoms with Gasteiger partial charge < -0.3 is 41.1 Å². The lowest BCUT2D eigenvalue weighted by Crippen LogP contribution is -2.63. The first-order chi connectivity index (χ1) is 21.0. The number of nitrogens with zero attached hydrogens (tertiary/aromatic N) is 2. The number of anilines is 2. The second kappa shape index (κ2) is 12.7. The summed E-state index contributed by atoms with van der Waals surface area (Å²) in [6.07, 6.45) is 0.0253. The Morgan fingerprint density at radius 3 is 2.15 bits per heavy atom. The summed E-state index contributed by atoms with van der Waals surface area (Å²) in [6.45, 7) is 0.477. The third-order valence-corrected chi connectivity index (χ3v) is 7.86. The number of rotatable bonds is 6. The summed E-state index contributed by atoms with van der Waals surface area (Å²) >= 11 is 0. The van der Waals surface area contributed by atoms with E-state index in [-0.39, 0.29) is 29.7 Å². The minimum atomic E-state index is -4.67. The Balaban J connectivity index is 0.00000107. The van der Waals surface area contributed by atoms with Crippen molar-refractivity contribution in [3.63, 3.8) is 0 Å². The van der Waals surface area contributed by atoms with Crippen LogP contribution in [0.5, 0.6) is 5.75 Å². The van der Waals surface area contributed by atoms with E-state index in [1.807, 2.05) is 0 Å². The number of likely N-dealkylation sites (N-methyl/N-ethyl adjacent to an activating group) is 1. The lowest BCUT2D eigenvalue weighted by atomic mass is 9.58. The van der Waals surface area contributed by atoms with E-state index in [2.05, 4.69) is 10.1 Å². The van der Waals surface area contributed by atoms with Crippen molar-refractivity contribution in [3.8, 4) is 5.75 Å². The predicted octanol–water partition coefficient (Wildman–Crippen LogP) is -0.965. The molecular formula is C27H34N4O14S. The maximum Gasteiger partial charge on any atom is 0.394 e. The van der Waals surface area contributed by atoms with Crippen molar-refractivity contribution in [2.45, 2.75) is 31.4 Å². The second-order valence-electron chi connectivity index (χ2n) is 11.3. The molecule has 19 heteroatoms. The van der Waals surface area contributed by atoms with Crippen molar-refractivity contribution in [1.29, 1.82) is 0 Å². The molecule has 0 spiro atoms. The molecule has 1 aromatic carbocycles. The molecule has 3 aliphatic rings. The van der Waals surface area contributed by atoms with Gasteiger partial charge in [-0.25, -0.2) is 0 Å². The van der Waals surface area contributed by atoms with Crippen LogP contribution in [0.1, 0.15) is 29.3 Å². The molecule has 0 radical (unpaired) electrons. The van der Waals surface area contributed by atoms with Crippen molar-refractivity contribution in [3.05, 3.63) is 39.9 Å². The fourth-order valence-corrected chi connectivity index (χ4v) is 6.15. The molecule has 0 fully saturated rings. The molecule has 9 N–H and O–H groups in total. The summed E-state index contributed by atoms with van der Waals surface area (Å²) in [6, 6.07) is 0.346. The number of phenolic OH excluding ortho intramolecular Hbond substituents is 1. The molecule has 0 bridgehead atoms. The van der Waals surface area contributed by atoms with Gasteiger partial charge in [-0.3, -0.25) is 38.0 Å². The van der Waals surface area contributed by atoms with Gasteiger partial charge in [0.25, 0.3) is 11.8 Å². The Morgan fingerprint density at radius 1 is 1.11 bits per heavy atom. The van der Waals surface area contributed by atoms with E-state index in [1.165, 1.54) is 11.0 Å². The van der Waals surface area contributed by atoms with Gasteiger partial charge in [-0.15, -0.1) is 0 Å². The first-order valence-electron chi connectivity index (χ1n) is 13.4. The SMILES string of the molecule is CC(=O)OCC(=O)Nc1cc(N(C)C)c2c(c1O)C(=O)C1=C(O)[C@]3(O)C(=O)C(C(N)=O)=C(O)[C@@H](N(C)C)C3CC1C2.O=S(=O)(O)O. The summed E-state index contributed by atoms with van der Waals surface area (Å²) in [5.74, 6) is -9.19. The van der Waals surface area contributed by atoms with Crippen LogP contribution in [0.15, 0.2) is 28.7 Å². The highest BCUT2D eigenvalue weighted by molar-refractivity contribution is 7.79. The van der Waals surface area contributed by atoms with Crippen LogP contribution in [-0.4, -0.2) is 119 Å². The average Bonchev–Trinajstić information content (AvgIpc) is 2.89. The van der Waals surface area contributed by atoms with E-state index in [0.717, 1.165) is 6.92 Å². The fourth-order valence-electron chi connectivity index (χ4n) is 6.15. The molecule has 0 saturated heterocycles. The molecule has 252 valence electrons. The quantitative estimate of drug-likeness (QED) is 0.0782. The summed E-state index contributed by atoms with van der Waals surface area (Å²) in [7, 11) is 1.79. The Morgan fingerprint density at radius 2 is 1.67 bits per heavy atom. The summed E-state index contributed by atoms with van der Waals surface area (Å²) in [5.41, 5.74) is 1.77. The van der Waals surface area contributed by atoms with Crippen molar-refractivity contribution in [1.82, 2.24) is 4.90 Å². The number of hydrogen-bond acceptors (Lipinski definition) is 14. The standard InChI is InChI=1S/C27H32N4O10.H2O4S/c1-10(32)41-9-16(33)29-14-8-15(30(2)3)12-6-11-7-13-20(31(4)5)23(36)19(26(28)39)25(38)27(13,40)24(37)17(11)22(35)18(12)21(14)34;1-5(2,3)4/h8,11,13,20,34,36-37,40H,6-7,9H2,1-5H3,(H2,28,39)(H,29,33);(H2,1,2,3,4)/t11?,13?,20-,27-;/m0./s1. The summed E-state index contributed by atoms with van der Waals surface area (Å²) in [4.78, 5) is 66.0. The molecule has 4 atom stereocenters. The molecule has 1 aromatic rings. The number of phenols is 1. The third kappa shape index (κ3) is 6.53. The van der Waals surface area contributed by atoms with E-state index < -0.39 is 92.7 Å². The number of benzene rings is 1. The number of aliphatic hydroxyl groups is 3. The molecule has 0 aliphatic heterocycles. The molecule has 18 nitrogen and oxygen atoms in total. The number of carbonyl (C=O) groups excluding carboxylic acids is 5. The lowest BCUT2D eigenvalue weighted by Gasteiger charge is -2.50. The number of ketones is 2. The first kappa shape index (κ1) is 35.9. The van der Waals surface area contributed by atoms with E-state index >= 15 is 0 Å². The van der Waals surface area contributed by atoms with Crippen molar-refractivity contribution >= 4 is 51.1 Å². The number of carbonyl (C=O) groups is 5. The number of fused-ring (bicyclic) bond motifs is 3. The van der Waals surface area contributed by atoms with Crippen LogP contribution in [0, 0.1) is 11.8 Å². The molecule has 0 heterocycles. The van der Waals surface area contributed by atoms with Crippen LogP contribution in [0.4, 0.5) is 11.4 Å². The van der Waals surface area contributed by atoms with E-state index in [0.29, 0.717) is 11.3 Å². The molecule has 3 aliphatic carbocycles. The number of allylic oxidation sites excluding steroid dienone is 1. The number of nitrogens with one attached hydrogen (secondary N) is 1. The highest BCUT2D eigenvalue weighted by atomic mass is 32.3. The van der Waals surface area contributed by atoms with Gasteiger partial charge in [0.1, 0.15) is 17.1 Å². The van der Waals surface area contributed by atoms with Crippen molar-refractivity contribution < 1.29 is 66.7 Å². The number of primary amides is 1. The number of aliphatic hydroxyl groups excluding tert-OH is 2. The Kier molecular flexibility index (Phi) is 9.90. The van der Waals surface area contributed by atoms with Gasteiger partial charge in [0, 0.05) is 38.2 Å². The number of nitrogens with two attached hydrogens (primary N) is 1. The zero-order valence-corrected chi connectivity index (χ0v) is 26.1. The molecule has 2 unspecified atom stereocenters. The Hall–Kier alpha value is -4.56. The van der Waals surface area contributed by atoms with E-state index in [1.54, 1.807) is 33.1 Å². The van der Waals surface area contributed by atoms with Gasteiger partial charge in [0.05, 0.1) is 17.3 Å². The second-order valence-corrected chi connectivity index (χ2v) is 12.2. The number of Topliss-reactive ketones (excluding diaryl/α,β-unsaturated/α-hetero) is 2. The Bertz CT molecular complexity index is 1690. The smallest absolute Gasteiger partial charge is 0.394 e. The van der Waals surface area contributed by atoms with Gasteiger partial charge in [-0.2, -0.15) is 8.42 Å². The highest BCUT2D eigenvalue weighted by Gasteiger charge is 2.63. The molecule has 4 rings (SSSR count). The third-order valence-electron chi connectivity index (χ3n) is 7.86. The maximum atomic E-state index is 14.0. The van der Waals surface area contributed by atoms with E-state index in [4.69, 9.17) is 23.3 Å². The normalized spacial score (nSPS) is 23.9. The van der Waals surface area contributed by atoms with Crippen LogP contribution in [0.2, 0.25) is 0 Å². The molecule has 46 heavy (non-hydrogen) atoms. The van der Waals surface area contributed by atoms with Gasteiger partial charge in [0.15, 0.2) is 23.7 Å². The van der Waals surface area contributed by atoms with Crippen LogP contribution in [0.3, 0.4) is 0 Å². The monoisotopic (exact) mass is 670 g/mol. The Labute approximate surface area is 262 Å². The van der Waals surface area contributed by atoms with Gasteiger partial charge in [-0.05, 0) is 44.5 Å². The van der Waals surface area contributed by atoms with Crippen LogP contribution < -0.4 is 16.0 Å². The number of aromatic hydroxyl groups is 1. The molecule has 0 saturated carbocycles. The zero-order chi connectivity index (χ0) is 35.2. The maximum absolute atomic E-state index is 14.0. The summed E-state index contributed by atoms with van der Waals surface area (Å²) < 4.78 is 36.3. The molecule has 2 amide bonds. The largest absolute Gasteiger partial charge is 0.510 e. The zero-order valence-electron chi connectivity index (χ0n) is 25.3. The van der Waals surface area contributed by atoms with Crippen LogP contribution >= 0.6 is 0 Å². The summed E-state index contributed by atoms with van der Waals surface area (Å²) in [5, 5.41) is 47.5. The van der Waals surface area contributed by atoms with E-state index in [9.17, 15) is 44.4 Å². The molecule has 0 aromatic heterocycles. The number of hydrogen-bond donors (Lipinski definition) is 8. The van der Waals surface area contributed by atoms with Crippen LogP contribution in [0.25, 0.3) is 0 Å². The van der Waals surface area contributed by atoms with Crippen molar-refractivity contribution in [2.75, 3.05) is 45.0 Å². The fraction of sp³-hybridized carbons (Fsp3) is 0.444. The number of amides is 2. The molecular weight excluding hydrogens is 636 g/mol. The number of ether oxygens (including phenoxy) is 1. The minimum Gasteiger partial charge on any atom is -0.510 e. The van der Waals surface area contributed by atoms with Crippen LogP contribution in [-0.2, 0) is 40.7 Å². The lowest BCUT2D eigenvalue weighted by molar-refractivity contribution is -0.148. The van der Waals surface area contributed by atoms with Gasteiger partial charge in [0.2, 0.25) is 5.78 Å². The first-order valence-corrected chi connectivity index (χ1v) is 14.8. The van der Waals surface area contributed by atoms with Gasteiger partial charge in [-0.1, -0.05) is 0 Å². The highest BCUT2D eigenvalue weighted by Crippen LogP contribution is 2.53. The van der Waals surface area contributed by atoms with Gasteiger partial charge >= 0.3 is 16.4 Å². The topological polar surface area (TPSA) is 295 Å². The minimum absolute atomic E-state index is 0.0553. The average molecular weight is 671 g/mol. The van der Waals surface area contributed by atoms with Crippen molar-refractivity contribution in [2.24, 2.45) is 17.6 Å². The predicted molar refractivity (Wildman–Crippen MR) is 157 cm³/mol. The number of esters is 1.